The van der Waals surface area contributed by atoms with Crippen LogP contribution in [0.1, 0.15) is 33.1 Å². The van der Waals surface area contributed by atoms with E-state index in [2.05, 4.69) is 4.90 Å². The van der Waals surface area contributed by atoms with E-state index >= 15 is 4.39 Å². The van der Waals surface area contributed by atoms with E-state index in [1.807, 2.05) is 19.9 Å². The van der Waals surface area contributed by atoms with Crippen LogP contribution in [0.25, 0.3) is 0 Å². The molecule has 0 aromatic heterocycles. The molecule has 0 radical (unpaired) electrons. The molecule has 1 saturated heterocycles. The monoisotopic (exact) mass is 359 g/mol. The van der Waals surface area contributed by atoms with E-state index in [0.29, 0.717) is 23.1 Å². The maximum atomic E-state index is 15.0. The lowest BCUT2D eigenvalue weighted by Gasteiger charge is -2.37. The van der Waals surface area contributed by atoms with E-state index in [0.717, 1.165) is 49.2 Å². The van der Waals surface area contributed by atoms with Crippen LogP contribution in [0.5, 0.6) is 0 Å². The number of hydrogen-bond donors (Lipinski definition) is 2. The molecule has 140 valence electrons. The largest absolute Gasteiger partial charge is 0.478 e. The quantitative estimate of drug-likeness (QED) is 0.808. The van der Waals surface area contributed by atoms with Crippen LogP contribution in [0, 0.1) is 11.8 Å². The maximum absolute atomic E-state index is 15.0. The lowest BCUT2D eigenvalue weighted by Crippen LogP contribution is -2.35. The lowest BCUT2D eigenvalue weighted by atomic mass is 9.92. The second-order valence-corrected chi connectivity index (χ2v) is 7.99. The van der Waals surface area contributed by atoms with Gasteiger partial charge in [0.25, 0.3) is 0 Å². The van der Waals surface area contributed by atoms with Gasteiger partial charge in [0.2, 0.25) is 0 Å². The zero-order valence-corrected chi connectivity index (χ0v) is 15.3. The van der Waals surface area contributed by atoms with Crippen molar-refractivity contribution in [3.63, 3.8) is 0 Å². The molecule has 2 atom stereocenters. The van der Waals surface area contributed by atoms with E-state index in [1.54, 1.807) is 4.90 Å². The number of fused-ring (bicyclic) bond motifs is 1. The van der Waals surface area contributed by atoms with E-state index in [1.165, 1.54) is 6.20 Å². The molecule has 0 aromatic rings. The summed E-state index contributed by atoms with van der Waals surface area (Å²) in [5.41, 5.74) is 10.00. The normalized spacial score (nSPS) is 27.5. The molecule has 2 unspecified atom stereocenters. The van der Waals surface area contributed by atoms with Gasteiger partial charge in [-0.05, 0) is 62.2 Å². The van der Waals surface area contributed by atoms with Gasteiger partial charge >= 0.3 is 5.97 Å². The number of rotatable bonds is 4. The number of nitrogens with zero attached hydrogens (tertiary/aromatic N) is 2. The van der Waals surface area contributed by atoms with Crippen LogP contribution >= 0.6 is 0 Å². The van der Waals surface area contributed by atoms with Gasteiger partial charge in [0.1, 0.15) is 0 Å². The average Bonchev–Trinajstić information content (AvgIpc) is 3.31. The summed E-state index contributed by atoms with van der Waals surface area (Å²) in [5, 5.41) is 9.42. The number of hydrogen-bond acceptors (Lipinski definition) is 4. The molecular weight excluding hydrogens is 333 g/mol. The van der Waals surface area contributed by atoms with Crippen molar-refractivity contribution < 1.29 is 14.3 Å². The number of carboxylic acid groups (broad SMARTS) is 1. The summed E-state index contributed by atoms with van der Waals surface area (Å²) in [5.74, 6) is -0.438. The fourth-order valence-corrected chi connectivity index (χ4v) is 4.40. The van der Waals surface area contributed by atoms with Crippen molar-refractivity contribution in [2.24, 2.45) is 17.6 Å². The third-order valence-corrected chi connectivity index (χ3v) is 6.01. The minimum absolute atomic E-state index is 0.102. The standard InChI is InChI=1S/C20H26FN3O2/c1-11-18-16(13-3-4-13)7-15(20(25)26)9-24(18)10-17(21)19(11)23-6-5-14(8-23)12(2)22/h7,10,12-14H,3-6,8-9,22H2,1-2H3,(H,25,26). The molecule has 0 amide bonds. The van der Waals surface area contributed by atoms with Gasteiger partial charge in [0, 0.05) is 31.0 Å². The molecule has 1 aliphatic carbocycles. The SMILES string of the molecule is CC1=C(N2CCC(C(C)N)C2)C(F)=CN2CC(C(=O)O)=CC(C3CC3)=C12. The number of allylic oxidation sites excluding steroid dienone is 4. The van der Waals surface area contributed by atoms with E-state index < -0.39 is 5.97 Å². The minimum Gasteiger partial charge on any atom is -0.478 e. The number of nitrogens with two attached hydrogens (primary N) is 1. The molecule has 0 aromatic carbocycles. The second kappa shape index (κ2) is 6.27. The lowest BCUT2D eigenvalue weighted by molar-refractivity contribution is -0.132. The highest BCUT2D eigenvalue weighted by Gasteiger charge is 2.38. The zero-order valence-electron chi connectivity index (χ0n) is 15.3. The molecule has 5 nitrogen and oxygen atoms in total. The number of halogens is 1. The van der Waals surface area contributed by atoms with Crippen molar-refractivity contribution >= 4 is 5.97 Å². The van der Waals surface area contributed by atoms with Crippen molar-refractivity contribution in [1.29, 1.82) is 0 Å². The van der Waals surface area contributed by atoms with Gasteiger partial charge in [-0.25, -0.2) is 9.18 Å². The summed E-state index contributed by atoms with van der Waals surface area (Å²) in [6.07, 6.45) is 6.42. The van der Waals surface area contributed by atoms with Crippen LogP contribution in [-0.4, -0.2) is 46.6 Å². The summed E-state index contributed by atoms with van der Waals surface area (Å²) in [6.45, 7) is 5.76. The fraction of sp³-hybridized carbons (Fsp3) is 0.550. The Hall–Kier alpha value is -2.08. The summed E-state index contributed by atoms with van der Waals surface area (Å²) in [4.78, 5) is 15.4. The Morgan fingerprint density at radius 2 is 2.08 bits per heavy atom. The Labute approximate surface area is 153 Å². The summed E-state index contributed by atoms with van der Waals surface area (Å²) >= 11 is 0. The number of likely N-dealkylation sites (tertiary alicyclic amines) is 1. The highest BCUT2D eigenvalue weighted by molar-refractivity contribution is 5.88. The van der Waals surface area contributed by atoms with E-state index in [-0.39, 0.29) is 18.4 Å². The van der Waals surface area contributed by atoms with Gasteiger partial charge in [-0.1, -0.05) is 0 Å². The zero-order chi connectivity index (χ0) is 18.6. The molecule has 26 heavy (non-hydrogen) atoms. The highest BCUT2D eigenvalue weighted by Crippen LogP contribution is 2.46. The van der Waals surface area contributed by atoms with Crippen LogP contribution in [0.15, 0.2) is 46.2 Å². The first-order chi connectivity index (χ1) is 12.4. The Morgan fingerprint density at radius 3 is 2.65 bits per heavy atom. The first-order valence-corrected chi connectivity index (χ1v) is 9.41. The van der Waals surface area contributed by atoms with Crippen LogP contribution in [0.4, 0.5) is 4.39 Å². The van der Waals surface area contributed by atoms with Crippen LogP contribution < -0.4 is 5.73 Å². The Balaban J connectivity index is 1.76. The van der Waals surface area contributed by atoms with Crippen LogP contribution in [0.3, 0.4) is 0 Å². The fourth-order valence-electron chi connectivity index (χ4n) is 4.40. The molecular formula is C20H26FN3O2. The molecule has 0 bridgehead atoms. The summed E-state index contributed by atoms with van der Waals surface area (Å²) in [7, 11) is 0. The number of aliphatic carboxylic acids is 1. The number of carboxylic acids is 1. The third-order valence-electron chi connectivity index (χ3n) is 6.01. The molecule has 6 heteroatoms. The topological polar surface area (TPSA) is 69.8 Å². The molecule has 2 fully saturated rings. The molecule has 4 rings (SSSR count). The van der Waals surface area contributed by atoms with Gasteiger partial charge < -0.3 is 20.6 Å². The Bertz CT molecular complexity index is 774. The van der Waals surface area contributed by atoms with Gasteiger partial charge in [0.05, 0.1) is 17.8 Å². The molecule has 3 aliphatic heterocycles. The van der Waals surface area contributed by atoms with Crippen LogP contribution in [-0.2, 0) is 4.79 Å². The third kappa shape index (κ3) is 2.86. The van der Waals surface area contributed by atoms with Crippen molar-refractivity contribution in [3.05, 3.63) is 46.2 Å². The predicted molar refractivity (Wildman–Crippen MR) is 97.4 cm³/mol. The molecule has 3 N–H and O–H groups in total. The van der Waals surface area contributed by atoms with Crippen LogP contribution in [0.2, 0.25) is 0 Å². The summed E-state index contributed by atoms with van der Waals surface area (Å²) < 4.78 is 15.0. The van der Waals surface area contributed by atoms with Crippen molar-refractivity contribution in [3.8, 4) is 0 Å². The average molecular weight is 359 g/mol. The Morgan fingerprint density at radius 1 is 1.35 bits per heavy atom. The van der Waals surface area contributed by atoms with Gasteiger partial charge in [-0.2, -0.15) is 0 Å². The molecule has 0 spiro atoms. The first kappa shape index (κ1) is 17.3. The van der Waals surface area contributed by atoms with E-state index in [9.17, 15) is 9.90 Å². The predicted octanol–water partition coefficient (Wildman–Crippen LogP) is 2.74. The highest BCUT2D eigenvalue weighted by atomic mass is 19.1. The van der Waals surface area contributed by atoms with Crippen molar-refractivity contribution in [1.82, 2.24) is 9.80 Å². The number of carbonyl (C=O) groups is 1. The summed E-state index contributed by atoms with van der Waals surface area (Å²) in [6, 6.07) is 0.102. The Kier molecular flexibility index (Phi) is 4.18. The minimum atomic E-state index is -0.928. The van der Waals surface area contributed by atoms with Crippen molar-refractivity contribution in [2.45, 2.75) is 39.2 Å². The van der Waals surface area contributed by atoms with E-state index in [4.69, 9.17) is 5.73 Å². The van der Waals surface area contributed by atoms with Gasteiger partial charge in [-0.15, -0.1) is 0 Å². The maximum Gasteiger partial charge on any atom is 0.333 e. The second-order valence-electron chi connectivity index (χ2n) is 7.99. The smallest absolute Gasteiger partial charge is 0.333 e. The first-order valence-electron chi connectivity index (χ1n) is 9.41. The van der Waals surface area contributed by atoms with Crippen molar-refractivity contribution in [2.75, 3.05) is 19.6 Å². The van der Waals surface area contributed by atoms with Gasteiger partial charge in [-0.3, -0.25) is 0 Å². The molecule has 4 aliphatic rings. The molecule has 1 saturated carbocycles. The van der Waals surface area contributed by atoms with Gasteiger partial charge in [0.15, 0.2) is 5.83 Å². The molecule has 3 heterocycles.